The van der Waals surface area contributed by atoms with E-state index in [1.165, 1.54) is 41.6 Å². The zero-order valence-electron chi connectivity index (χ0n) is 21.2. The van der Waals surface area contributed by atoms with Gasteiger partial charge in [-0.2, -0.15) is 10.4 Å². The first-order valence-electron chi connectivity index (χ1n) is 12.4. The van der Waals surface area contributed by atoms with Crippen LogP contribution in [-0.2, 0) is 16.8 Å². The van der Waals surface area contributed by atoms with Gasteiger partial charge in [0.2, 0.25) is 5.91 Å². The summed E-state index contributed by atoms with van der Waals surface area (Å²) in [7, 11) is 0. The first kappa shape index (κ1) is 25.4. The number of ether oxygens (including phenoxy) is 2. The molecule has 1 fully saturated rings. The summed E-state index contributed by atoms with van der Waals surface area (Å²) in [5.41, 5.74) is -0.452. The third kappa shape index (κ3) is 4.31. The number of nitrogens with zero attached hydrogens (tertiary/aromatic N) is 5. The van der Waals surface area contributed by atoms with E-state index < -0.39 is 35.5 Å². The smallest absolute Gasteiger partial charge is 0.395 e. The molecule has 1 aliphatic heterocycles. The van der Waals surface area contributed by atoms with Crippen LogP contribution in [0.1, 0.15) is 32.3 Å². The van der Waals surface area contributed by atoms with Crippen molar-refractivity contribution in [2.75, 3.05) is 4.90 Å². The molecule has 1 saturated carbocycles. The van der Waals surface area contributed by atoms with Gasteiger partial charge in [-0.05, 0) is 44.9 Å². The maximum Gasteiger partial charge on any atom is 0.586 e. The molecule has 6 rings (SSSR count). The molecule has 3 heterocycles. The highest BCUT2D eigenvalue weighted by atomic mass is 19.3. The molecule has 10 nitrogen and oxygen atoms in total. The van der Waals surface area contributed by atoms with Crippen LogP contribution in [0.3, 0.4) is 0 Å². The van der Waals surface area contributed by atoms with Gasteiger partial charge in [0, 0.05) is 28.9 Å². The molecule has 0 spiro atoms. The molecule has 13 heteroatoms. The van der Waals surface area contributed by atoms with Gasteiger partial charge in [-0.25, -0.2) is 14.1 Å². The van der Waals surface area contributed by atoms with Crippen molar-refractivity contribution in [3.8, 4) is 28.8 Å². The van der Waals surface area contributed by atoms with E-state index in [1.54, 1.807) is 19.9 Å². The summed E-state index contributed by atoms with van der Waals surface area (Å²) in [6.45, 7) is 2.71. The van der Waals surface area contributed by atoms with Crippen molar-refractivity contribution < 1.29 is 27.4 Å². The number of carbonyl (C=O) groups excluding carboxylic acids is 1. The predicted molar refractivity (Wildman–Crippen MR) is 135 cm³/mol. The number of H-pyrrole nitrogens is 1. The Morgan fingerprint density at radius 2 is 1.98 bits per heavy atom. The second-order valence-corrected chi connectivity index (χ2v) is 10.2. The molecule has 0 radical (unpaired) electrons. The molecule has 204 valence electrons. The third-order valence-corrected chi connectivity index (χ3v) is 6.86. The number of fused-ring (bicyclic) bond motifs is 2. The van der Waals surface area contributed by atoms with Crippen LogP contribution >= 0.6 is 0 Å². The minimum Gasteiger partial charge on any atom is -0.395 e. The van der Waals surface area contributed by atoms with Crippen LogP contribution in [0.4, 0.5) is 18.9 Å². The number of aromatic amines is 1. The molecule has 0 unspecified atom stereocenters. The molecule has 0 atom stereocenters. The molecule has 1 aliphatic carbocycles. The lowest BCUT2D eigenvalue weighted by molar-refractivity contribution is -0.286. The van der Waals surface area contributed by atoms with Gasteiger partial charge < -0.3 is 19.4 Å². The van der Waals surface area contributed by atoms with Gasteiger partial charge in [0.25, 0.3) is 5.56 Å². The lowest BCUT2D eigenvalue weighted by atomic mass is 9.85. The Bertz CT molecular complexity index is 1790. The third-order valence-electron chi connectivity index (χ3n) is 6.86. The van der Waals surface area contributed by atoms with Gasteiger partial charge in [0.05, 0.1) is 23.3 Å². The Morgan fingerprint density at radius 1 is 1.23 bits per heavy atom. The number of rotatable bonds is 6. The van der Waals surface area contributed by atoms with E-state index in [4.69, 9.17) is 0 Å². The topological polar surface area (TPSA) is 126 Å². The van der Waals surface area contributed by atoms with E-state index in [-0.39, 0.29) is 39.8 Å². The predicted octanol–water partition coefficient (Wildman–Crippen LogP) is 4.24. The molecule has 1 N–H and O–H groups in total. The van der Waals surface area contributed by atoms with Gasteiger partial charge in [-0.15, -0.1) is 8.78 Å². The van der Waals surface area contributed by atoms with Crippen molar-refractivity contribution in [2.45, 2.75) is 51.0 Å². The standard InChI is InChI=1S/C27H21F3N6O4/c1-26(2,12-31)17-7-3-14(9-18(17)28)22-23-24(33-13-32-23)25(38)35(34-22)11-21(37)36(15-4-5-15)16-6-8-19-20(10-16)40-27(29,30)39-19/h3,6-10,13,15H,4-5,11H2,1-2H3,(H,32,33). The minimum atomic E-state index is -3.80. The number of carbonyl (C=O) groups is 1. The van der Waals surface area contributed by atoms with Crippen LogP contribution in [0, 0.1) is 17.1 Å². The minimum absolute atomic E-state index is 0.00271. The van der Waals surface area contributed by atoms with Gasteiger partial charge in [-0.1, -0.05) is 12.1 Å². The van der Waals surface area contributed by atoms with E-state index in [0.717, 1.165) is 4.68 Å². The van der Waals surface area contributed by atoms with Crippen LogP contribution in [0.15, 0.2) is 47.5 Å². The Balaban J connectivity index is 1.37. The van der Waals surface area contributed by atoms with E-state index in [0.29, 0.717) is 24.1 Å². The Hall–Kier alpha value is -4.86. The van der Waals surface area contributed by atoms with Gasteiger partial charge in [0.15, 0.2) is 17.0 Å². The first-order chi connectivity index (χ1) is 19.0. The van der Waals surface area contributed by atoms with Crippen molar-refractivity contribution in [1.29, 1.82) is 5.26 Å². The van der Waals surface area contributed by atoms with E-state index >= 15 is 4.39 Å². The molecule has 40 heavy (non-hydrogen) atoms. The summed E-state index contributed by atoms with van der Waals surface area (Å²) in [5.74, 6) is -1.50. The number of nitrogens with one attached hydrogen (secondary N) is 1. The summed E-state index contributed by atoms with van der Waals surface area (Å²) in [6, 6.07) is 10.2. The molecule has 1 amide bonds. The van der Waals surface area contributed by atoms with E-state index in [2.05, 4.69) is 30.6 Å². The van der Waals surface area contributed by atoms with Gasteiger partial charge in [-0.3, -0.25) is 9.59 Å². The summed E-state index contributed by atoms with van der Waals surface area (Å²) < 4.78 is 52.0. The second kappa shape index (κ2) is 8.84. The monoisotopic (exact) mass is 550 g/mol. The van der Waals surface area contributed by atoms with Crippen molar-refractivity contribution in [3.63, 3.8) is 0 Å². The number of aromatic nitrogens is 4. The number of anilines is 1. The summed E-state index contributed by atoms with van der Waals surface area (Å²) in [5, 5.41) is 13.8. The Morgan fingerprint density at radius 3 is 2.67 bits per heavy atom. The van der Waals surface area contributed by atoms with Crippen molar-refractivity contribution in [2.24, 2.45) is 0 Å². The number of nitriles is 1. The first-order valence-corrected chi connectivity index (χ1v) is 12.4. The van der Waals surface area contributed by atoms with Crippen molar-refractivity contribution >= 4 is 22.6 Å². The largest absolute Gasteiger partial charge is 0.586 e. The van der Waals surface area contributed by atoms with Crippen LogP contribution in [0.5, 0.6) is 11.5 Å². The molecule has 2 aromatic heterocycles. The number of benzene rings is 2. The highest BCUT2D eigenvalue weighted by Gasteiger charge is 2.44. The average molecular weight is 550 g/mol. The fourth-order valence-corrected chi connectivity index (χ4v) is 4.70. The molecule has 2 aromatic carbocycles. The highest BCUT2D eigenvalue weighted by Crippen LogP contribution is 2.44. The summed E-state index contributed by atoms with van der Waals surface area (Å²) in [4.78, 5) is 35.1. The number of amides is 1. The highest BCUT2D eigenvalue weighted by molar-refractivity contribution is 5.95. The van der Waals surface area contributed by atoms with Crippen LogP contribution in [-0.4, -0.2) is 38.0 Å². The normalized spacial score (nSPS) is 15.7. The van der Waals surface area contributed by atoms with E-state index in [1.807, 2.05) is 0 Å². The van der Waals surface area contributed by atoms with Crippen LogP contribution in [0.2, 0.25) is 0 Å². The number of hydrogen-bond acceptors (Lipinski definition) is 7. The lowest BCUT2D eigenvalue weighted by Gasteiger charge is -2.23. The number of imidazole rings is 1. The Kier molecular flexibility index (Phi) is 5.62. The summed E-state index contributed by atoms with van der Waals surface area (Å²) in [6.07, 6.45) is -1.13. The van der Waals surface area contributed by atoms with Gasteiger partial charge >= 0.3 is 6.29 Å². The molecule has 0 bridgehead atoms. The fourth-order valence-electron chi connectivity index (χ4n) is 4.70. The molecular weight excluding hydrogens is 529 g/mol. The zero-order chi connectivity index (χ0) is 28.4. The lowest BCUT2D eigenvalue weighted by Crippen LogP contribution is -2.39. The quantitative estimate of drug-likeness (QED) is 0.381. The Labute approximate surface area is 224 Å². The molecule has 0 saturated heterocycles. The molecule has 2 aliphatic rings. The van der Waals surface area contributed by atoms with Crippen LogP contribution < -0.4 is 19.9 Å². The maximum atomic E-state index is 15.1. The zero-order valence-corrected chi connectivity index (χ0v) is 21.2. The number of alkyl halides is 2. The fraction of sp³-hybridized carbons (Fsp3) is 0.296. The van der Waals surface area contributed by atoms with Crippen LogP contribution in [0.25, 0.3) is 22.3 Å². The number of halogens is 3. The van der Waals surface area contributed by atoms with Crippen molar-refractivity contribution in [3.05, 3.63) is 64.5 Å². The second-order valence-electron chi connectivity index (χ2n) is 10.2. The number of hydrogen-bond donors (Lipinski definition) is 1. The average Bonchev–Trinajstić information content (AvgIpc) is 3.49. The van der Waals surface area contributed by atoms with Gasteiger partial charge in [0.1, 0.15) is 18.1 Å². The SMILES string of the molecule is CC(C)(C#N)c1ccc(-c2nn(CC(=O)N(c3ccc4c(c3)OC(F)(F)O4)C3CC3)c(=O)c3nc[nH]c23)cc1F. The molecular formula is C27H21F3N6O4. The maximum absolute atomic E-state index is 15.1. The molecule has 4 aromatic rings. The van der Waals surface area contributed by atoms with Crippen molar-refractivity contribution in [1.82, 2.24) is 19.7 Å². The summed E-state index contributed by atoms with van der Waals surface area (Å²) >= 11 is 0. The van der Waals surface area contributed by atoms with E-state index in [9.17, 15) is 23.6 Å².